The number of rotatable bonds is 4. The smallest absolute Gasteiger partial charge is 0.0153 e. The van der Waals surface area contributed by atoms with Crippen molar-refractivity contribution in [1.29, 1.82) is 0 Å². The first-order valence-corrected chi connectivity index (χ1v) is 4.66. The Balaban J connectivity index is 4.05. The van der Waals surface area contributed by atoms with E-state index in [2.05, 4.69) is 46.9 Å². The maximum atomic E-state index is 3.50. The van der Waals surface area contributed by atoms with Crippen LogP contribution in [0, 0.1) is 11.8 Å². The summed E-state index contributed by atoms with van der Waals surface area (Å²) in [5.41, 5.74) is 0.281. The van der Waals surface area contributed by atoms with E-state index in [9.17, 15) is 0 Å². The van der Waals surface area contributed by atoms with Crippen LogP contribution in [0.15, 0.2) is 0 Å². The van der Waals surface area contributed by atoms with Crippen LogP contribution in [-0.2, 0) is 0 Å². The van der Waals surface area contributed by atoms with Crippen molar-refractivity contribution in [3.63, 3.8) is 0 Å². The highest BCUT2D eigenvalue weighted by Crippen LogP contribution is 2.23. The lowest BCUT2D eigenvalue weighted by atomic mass is 9.81. The third-order valence-electron chi connectivity index (χ3n) is 2.77. The number of nitrogens with one attached hydrogen (secondary N) is 1. The Morgan fingerprint density at radius 1 is 1.18 bits per heavy atom. The Kier molecular flexibility index (Phi) is 4.09. The maximum absolute atomic E-state index is 3.50. The zero-order chi connectivity index (χ0) is 9.07. The largest absolute Gasteiger partial charge is 0.312 e. The van der Waals surface area contributed by atoms with E-state index in [1.165, 1.54) is 0 Å². The molecule has 0 aromatic rings. The van der Waals surface area contributed by atoms with E-state index in [0.29, 0.717) is 0 Å². The molecule has 0 saturated heterocycles. The van der Waals surface area contributed by atoms with Crippen LogP contribution < -0.4 is 5.32 Å². The minimum Gasteiger partial charge on any atom is -0.312 e. The summed E-state index contributed by atoms with van der Waals surface area (Å²) in [5, 5.41) is 3.50. The predicted molar refractivity (Wildman–Crippen MR) is 51.8 cm³/mol. The summed E-state index contributed by atoms with van der Waals surface area (Å²) in [6.07, 6.45) is 0. The predicted octanol–water partition coefficient (Wildman–Crippen LogP) is 2.67. The Morgan fingerprint density at radius 3 is 1.91 bits per heavy atom. The van der Waals surface area contributed by atoms with Gasteiger partial charge in [-0.3, -0.25) is 0 Å². The van der Waals surface area contributed by atoms with E-state index in [1.807, 2.05) is 0 Å². The first-order chi connectivity index (χ1) is 4.91. The molecule has 0 fully saturated rings. The Bertz CT molecular complexity index is 105. The summed E-state index contributed by atoms with van der Waals surface area (Å²) in [4.78, 5) is 0. The van der Waals surface area contributed by atoms with Gasteiger partial charge in [-0.05, 0) is 32.2 Å². The van der Waals surface area contributed by atoms with Crippen LogP contribution in [-0.4, -0.2) is 12.1 Å². The topological polar surface area (TPSA) is 12.0 Å². The van der Waals surface area contributed by atoms with Gasteiger partial charge in [0.2, 0.25) is 0 Å². The Labute approximate surface area is 71.6 Å². The highest BCUT2D eigenvalue weighted by molar-refractivity contribution is 4.84. The van der Waals surface area contributed by atoms with Gasteiger partial charge in [0.25, 0.3) is 0 Å². The molecule has 0 bridgehead atoms. The Hall–Kier alpha value is -0.0400. The van der Waals surface area contributed by atoms with Gasteiger partial charge in [0.15, 0.2) is 0 Å². The third kappa shape index (κ3) is 3.24. The Morgan fingerprint density at radius 2 is 1.64 bits per heavy atom. The van der Waals surface area contributed by atoms with Crippen LogP contribution in [0.25, 0.3) is 0 Å². The van der Waals surface area contributed by atoms with Gasteiger partial charge in [-0.2, -0.15) is 0 Å². The SMILES string of the molecule is CCNC(C)(C)[C@H](C)C(C)C. The molecule has 1 atom stereocenters. The van der Waals surface area contributed by atoms with E-state index in [1.54, 1.807) is 0 Å². The minimum atomic E-state index is 0.281. The normalized spacial score (nSPS) is 15.5. The standard InChI is InChI=1S/C10H23N/c1-7-11-10(5,6)9(4)8(2)3/h8-9,11H,7H2,1-6H3/t9-/m1/s1. The fourth-order valence-corrected chi connectivity index (χ4v) is 1.45. The van der Waals surface area contributed by atoms with Crippen molar-refractivity contribution in [1.82, 2.24) is 5.32 Å². The summed E-state index contributed by atoms with van der Waals surface area (Å²) >= 11 is 0. The summed E-state index contributed by atoms with van der Waals surface area (Å²) in [6.45, 7) is 14.7. The van der Waals surface area contributed by atoms with Crippen molar-refractivity contribution in [3.05, 3.63) is 0 Å². The van der Waals surface area contributed by atoms with E-state index >= 15 is 0 Å². The first kappa shape index (κ1) is 11.0. The average molecular weight is 157 g/mol. The van der Waals surface area contributed by atoms with E-state index in [0.717, 1.165) is 18.4 Å². The van der Waals surface area contributed by atoms with Gasteiger partial charge >= 0.3 is 0 Å². The van der Waals surface area contributed by atoms with E-state index < -0.39 is 0 Å². The molecule has 0 aromatic heterocycles. The number of hydrogen-bond acceptors (Lipinski definition) is 1. The van der Waals surface area contributed by atoms with Gasteiger partial charge < -0.3 is 5.32 Å². The highest BCUT2D eigenvalue weighted by atomic mass is 15.0. The van der Waals surface area contributed by atoms with Gasteiger partial charge in [-0.15, -0.1) is 0 Å². The van der Waals surface area contributed by atoms with Gasteiger partial charge in [0.05, 0.1) is 0 Å². The lowest BCUT2D eigenvalue weighted by Gasteiger charge is -2.35. The first-order valence-electron chi connectivity index (χ1n) is 4.66. The lowest BCUT2D eigenvalue weighted by Crippen LogP contribution is -2.46. The quantitative estimate of drug-likeness (QED) is 0.661. The molecule has 0 unspecified atom stereocenters. The molecular weight excluding hydrogens is 134 g/mol. The molecule has 1 N–H and O–H groups in total. The van der Waals surface area contributed by atoms with Crippen molar-refractivity contribution in [2.45, 2.75) is 47.1 Å². The van der Waals surface area contributed by atoms with Crippen molar-refractivity contribution in [2.24, 2.45) is 11.8 Å². The van der Waals surface area contributed by atoms with Crippen LogP contribution in [0.2, 0.25) is 0 Å². The second-order valence-electron chi connectivity index (χ2n) is 4.28. The molecule has 0 aliphatic heterocycles. The molecule has 0 aromatic carbocycles. The molecule has 0 heterocycles. The molecule has 0 amide bonds. The fraction of sp³-hybridized carbons (Fsp3) is 1.00. The third-order valence-corrected chi connectivity index (χ3v) is 2.77. The lowest BCUT2D eigenvalue weighted by molar-refractivity contribution is 0.217. The van der Waals surface area contributed by atoms with Crippen molar-refractivity contribution in [2.75, 3.05) is 6.54 Å². The molecule has 68 valence electrons. The van der Waals surface area contributed by atoms with Gasteiger partial charge in [0, 0.05) is 5.54 Å². The zero-order valence-corrected chi connectivity index (χ0v) is 8.86. The number of hydrogen-bond donors (Lipinski definition) is 1. The van der Waals surface area contributed by atoms with Crippen molar-refractivity contribution >= 4 is 0 Å². The summed E-state index contributed by atoms with van der Waals surface area (Å²) in [5.74, 6) is 1.48. The van der Waals surface area contributed by atoms with Gasteiger partial charge in [0.1, 0.15) is 0 Å². The molecule has 0 radical (unpaired) electrons. The molecule has 0 rings (SSSR count). The molecule has 1 nitrogen and oxygen atoms in total. The van der Waals surface area contributed by atoms with Gasteiger partial charge in [-0.1, -0.05) is 27.7 Å². The highest BCUT2D eigenvalue weighted by Gasteiger charge is 2.26. The van der Waals surface area contributed by atoms with Crippen LogP contribution in [0.3, 0.4) is 0 Å². The molecule has 0 spiro atoms. The zero-order valence-electron chi connectivity index (χ0n) is 8.86. The van der Waals surface area contributed by atoms with E-state index in [-0.39, 0.29) is 5.54 Å². The van der Waals surface area contributed by atoms with Crippen LogP contribution in [0.5, 0.6) is 0 Å². The summed E-state index contributed by atoms with van der Waals surface area (Å²) < 4.78 is 0. The van der Waals surface area contributed by atoms with Crippen LogP contribution in [0.1, 0.15) is 41.5 Å². The second kappa shape index (κ2) is 4.10. The molecular formula is C10H23N. The maximum Gasteiger partial charge on any atom is 0.0153 e. The van der Waals surface area contributed by atoms with Crippen molar-refractivity contribution in [3.8, 4) is 0 Å². The van der Waals surface area contributed by atoms with E-state index in [4.69, 9.17) is 0 Å². The fourth-order valence-electron chi connectivity index (χ4n) is 1.45. The minimum absolute atomic E-state index is 0.281. The van der Waals surface area contributed by atoms with Crippen LogP contribution >= 0.6 is 0 Å². The van der Waals surface area contributed by atoms with Crippen molar-refractivity contribution < 1.29 is 0 Å². The summed E-state index contributed by atoms with van der Waals surface area (Å²) in [6, 6.07) is 0. The molecule has 0 aliphatic rings. The van der Waals surface area contributed by atoms with Gasteiger partial charge in [-0.25, -0.2) is 0 Å². The molecule has 1 heteroatoms. The molecule has 0 saturated carbocycles. The molecule has 11 heavy (non-hydrogen) atoms. The average Bonchev–Trinajstić information content (AvgIpc) is 1.86. The monoisotopic (exact) mass is 157 g/mol. The van der Waals surface area contributed by atoms with Crippen LogP contribution in [0.4, 0.5) is 0 Å². The molecule has 0 aliphatic carbocycles. The summed E-state index contributed by atoms with van der Waals surface area (Å²) in [7, 11) is 0. The second-order valence-corrected chi connectivity index (χ2v) is 4.28.